The van der Waals surface area contributed by atoms with Gasteiger partial charge in [0.2, 0.25) is 5.95 Å². The van der Waals surface area contributed by atoms with Gasteiger partial charge in [-0.1, -0.05) is 77.9 Å². The molecule has 2 N–H and O–H groups in total. The molecule has 6 nitrogen and oxygen atoms in total. The van der Waals surface area contributed by atoms with Gasteiger partial charge in [-0.05, 0) is 43.2 Å². The molecule has 1 aromatic heterocycles. The van der Waals surface area contributed by atoms with Gasteiger partial charge in [-0.25, -0.2) is 4.68 Å². The fourth-order valence-corrected chi connectivity index (χ4v) is 3.79. The Morgan fingerprint density at radius 2 is 1.72 bits per heavy atom. The van der Waals surface area contributed by atoms with Crippen LogP contribution in [0.1, 0.15) is 38.7 Å². The average molecular weight is 422 g/mol. The Kier molecular flexibility index (Phi) is 5.03. The minimum Gasteiger partial charge on any atom is -0.324 e. The number of allylic oxidation sites excluding steroid dienone is 1. The molecule has 32 heavy (non-hydrogen) atoms. The molecule has 3 aromatic carbocycles. The molecule has 0 aliphatic carbocycles. The molecule has 4 aromatic rings. The minimum absolute atomic E-state index is 0.154. The number of nitrogens with one attached hydrogen (secondary N) is 2. The van der Waals surface area contributed by atoms with Gasteiger partial charge in [0.15, 0.2) is 0 Å². The zero-order chi connectivity index (χ0) is 22.1. The summed E-state index contributed by atoms with van der Waals surface area (Å²) in [5, 5.41) is 10.8. The van der Waals surface area contributed by atoms with E-state index in [0.717, 1.165) is 22.4 Å². The van der Waals surface area contributed by atoms with Crippen LogP contribution in [-0.2, 0) is 0 Å². The number of nitrogens with zero attached hydrogens (tertiary/aromatic N) is 3. The fraction of sp³-hybridized carbons (Fsp3) is 0.115. The Bertz CT molecular complexity index is 1310. The average Bonchev–Trinajstić information content (AvgIpc) is 3.22. The van der Waals surface area contributed by atoms with Crippen molar-refractivity contribution in [1.29, 1.82) is 0 Å². The highest BCUT2D eigenvalue weighted by Crippen LogP contribution is 2.33. The van der Waals surface area contributed by atoms with E-state index in [9.17, 15) is 4.79 Å². The smallest absolute Gasteiger partial charge is 0.258 e. The second-order valence-electron chi connectivity index (χ2n) is 7.95. The third-order valence-electron chi connectivity index (χ3n) is 5.48. The number of amides is 1. The van der Waals surface area contributed by atoms with E-state index in [1.165, 1.54) is 5.56 Å². The van der Waals surface area contributed by atoms with Crippen LogP contribution in [0.5, 0.6) is 0 Å². The molecular formula is C26H23N5O. The fourth-order valence-electron chi connectivity index (χ4n) is 3.79. The van der Waals surface area contributed by atoms with Crippen molar-refractivity contribution in [2.24, 2.45) is 0 Å². The van der Waals surface area contributed by atoms with Crippen LogP contribution < -0.4 is 10.6 Å². The topological polar surface area (TPSA) is 71.8 Å². The molecule has 1 atom stereocenters. The lowest BCUT2D eigenvalue weighted by Gasteiger charge is -2.24. The lowest BCUT2D eigenvalue weighted by Crippen LogP contribution is -2.20. The molecule has 1 amide bonds. The monoisotopic (exact) mass is 421 g/mol. The van der Waals surface area contributed by atoms with Crippen molar-refractivity contribution in [2.75, 3.05) is 10.6 Å². The number of anilines is 2. The highest BCUT2D eigenvalue weighted by Gasteiger charge is 2.26. The van der Waals surface area contributed by atoms with Crippen LogP contribution in [0, 0.1) is 13.8 Å². The summed E-state index contributed by atoms with van der Waals surface area (Å²) in [5.74, 6) is 0.607. The van der Waals surface area contributed by atoms with Gasteiger partial charge in [0, 0.05) is 11.3 Å². The predicted molar refractivity (Wildman–Crippen MR) is 127 cm³/mol. The zero-order valence-electron chi connectivity index (χ0n) is 17.9. The number of carbonyl (C=O) groups excluding carboxylic acids is 1. The number of aryl methyl sites for hydroxylation is 2. The molecule has 1 aliphatic rings. The molecule has 6 heteroatoms. The van der Waals surface area contributed by atoms with Crippen LogP contribution in [0.2, 0.25) is 0 Å². The zero-order valence-corrected chi connectivity index (χ0v) is 17.9. The molecule has 5 rings (SSSR count). The maximum Gasteiger partial charge on any atom is 0.258 e. The molecular weight excluding hydrogens is 398 g/mol. The molecule has 0 bridgehead atoms. The maximum atomic E-state index is 12.7. The number of fused-ring (bicyclic) bond motifs is 1. The minimum atomic E-state index is -0.236. The van der Waals surface area contributed by atoms with E-state index in [1.54, 1.807) is 6.07 Å². The number of hydrogen-bond donors (Lipinski definition) is 2. The van der Waals surface area contributed by atoms with Gasteiger partial charge >= 0.3 is 0 Å². The highest BCUT2D eigenvalue weighted by atomic mass is 16.1. The van der Waals surface area contributed by atoms with Gasteiger partial charge in [-0.3, -0.25) is 10.1 Å². The number of rotatable bonds is 4. The summed E-state index contributed by atoms with van der Waals surface area (Å²) < 4.78 is 1.81. The molecule has 1 aliphatic heterocycles. The Morgan fingerprint density at radius 1 is 0.938 bits per heavy atom. The molecule has 158 valence electrons. The first kappa shape index (κ1) is 19.8. The van der Waals surface area contributed by atoms with Crippen molar-refractivity contribution in [1.82, 2.24) is 14.8 Å². The summed E-state index contributed by atoms with van der Waals surface area (Å²) in [6.45, 7) is 4.02. The number of benzene rings is 3. The van der Waals surface area contributed by atoms with Crippen molar-refractivity contribution in [2.45, 2.75) is 19.9 Å². The molecule has 0 unspecified atom stereocenters. The first-order valence-electron chi connectivity index (χ1n) is 10.5. The van der Waals surface area contributed by atoms with E-state index >= 15 is 0 Å². The van der Waals surface area contributed by atoms with Gasteiger partial charge in [-0.15, -0.1) is 5.10 Å². The summed E-state index contributed by atoms with van der Waals surface area (Å²) in [4.78, 5) is 17.3. The van der Waals surface area contributed by atoms with Crippen molar-refractivity contribution in [3.05, 3.63) is 113 Å². The first-order chi connectivity index (χ1) is 15.6. The molecule has 0 radical (unpaired) electrons. The number of aromatic nitrogens is 3. The third-order valence-corrected chi connectivity index (χ3v) is 5.48. The van der Waals surface area contributed by atoms with E-state index in [2.05, 4.69) is 70.1 Å². The Morgan fingerprint density at radius 3 is 2.47 bits per heavy atom. The van der Waals surface area contributed by atoms with Crippen LogP contribution in [0.4, 0.5) is 11.9 Å². The van der Waals surface area contributed by atoms with Crippen molar-refractivity contribution < 1.29 is 4.79 Å². The van der Waals surface area contributed by atoms with Crippen LogP contribution >= 0.6 is 0 Å². The van der Waals surface area contributed by atoms with E-state index < -0.39 is 0 Å². The molecule has 2 heterocycles. The van der Waals surface area contributed by atoms with Crippen LogP contribution in [-0.4, -0.2) is 20.7 Å². The number of carbonyl (C=O) groups is 1. The maximum absolute atomic E-state index is 12.7. The van der Waals surface area contributed by atoms with Crippen LogP contribution in [0.15, 0.2) is 84.9 Å². The molecule has 0 saturated heterocycles. The normalized spacial score (nSPS) is 14.8. The second-order valence-corrected chi connectivity index (χ2v) is 7.95. The number of hydrogen-bond acceptors (Lipinski definition) is 4. The van der Waals surface area contributed by atoms with Gasteiger partial charge in [0.05, 0.1) is 0 Å². The summed E-state index contributed by atoms with van der Waals surface area (Å²) in [7, 11) is 0. The second kappa shape index (κ2) is 8.15. The first-order valence-corrected chi connectivity index (χ1v) is 10.5. The van der Waals surface area contributed by atoms with Crippen molar-refractivity contribution in [3.63, 3.8) is 0 Å². The van der Waals surface area contributed by atoms with E-state index in [4.69, 9.17) is 0 Å². The largest absolute Gasteiger partial charge is 0.324 e. The van der Waals surface area contributed by atoms with Crippen molar-refractivity contribution >= 4 is 23.5 Å². The Labute approximate surface area is 186 Å². The SMILES string of the molecule is Cc1ccc([C@@H]2C=C(c3ccccc3)Nc3nc(NC(=O)c4cccc(C)c4)nn32)cc1. The summed E-state index contributed by atoms with van der Waals surface area (Å²) in [6, 6.07) is 25.8. The Balaban J connectivity index is 1.51. The third kappa shape index (κ3) is 3.90. The van der Waals surface area contributed by atoms with Crippen molar-refractivity contribution in [3.8, 4) is 0 Å². The quantitative estimate of drug-likeness (QED) is 0.475. The summed E-state index contributed by atoms with van der Waals surface area (Å²) >= 11 is 0. The molecule has 0 fully saturated rings. The van der Waals surface area contributed by atoms with E-state index in [1.807, 2.05) is 48.0 Å². The molecule has 0 spiro atoms. The lowest BCUT2D eigenvalue weighted by molar-refractivity contribution is 0.102. The van der Waals surface area contributed by atoms with Crippen LogP contribution in [0.25, 0.3) is 5.70 Å². The Hall–Kier alpha value is -4.19. The lowest BCUT2D eigenvalue weighted by atomic mass is 10.0. The molecule has 0 saturated carbocycles. The van der Waals surface area contributed by atoms with Gasteiger partial charge in [-0.2, -0.15) is 4.98 Å². The van der Waals surface area contributed by atoms with Gasteiger partial charge in [0.25, 0.3) is 11.9 Å². The van der Waals surface area contributed by atoms with Crippen LogP contribution in [0.3, 0.4) is 0 Å². The standard InChI is InChI=1S/C26H23N5O/c1-17-11-13-20(14-12-17)23-16-22(19-8-4-3-5-9-19)27-26-29-25(30-31(23)26)28-24(32)21-10-6-7-18(2)15-21/h3-16,23H,1-2H3,(H2,27,28,29,30,32)/t23-/m0/s1. The van der Waals surface area contributed by atoms with Gasteiger partial charge < -0.3 is 5.32 Å². The van der Waals surface area contributed by atoms with E-state index in [-0.39, 0.29) is 17.9 Å². The summed E-state index contributed by atoms with van der Waals surface area (Å²) in [5.41, 5.74) is 5.89. The van der Waals surface area contributed by atoms with E-state index in [0.29, 0.717) is 11.5 Å². The predicted octanol–water partition coefficient (Wildman–Crippen LogP) is 5.20. The summed E-state index contributed by atoms with van der Waals surface area (Å²) in [6.07, 6.45) is 2.13. The van der Waals surface area contributed by atoms with Gasteiger partial charge in [0.1, 0.15) is 6.04 Å². The highest BCUT2D eigenvalue weighted by molar-refractivity contribution is 6.03.